The summed E-state index contributed by atoms with van der Waals surface area (Å²) in [6, 6.07) is 5.55. The lowest BCUT2D eigenvalue weighted by Crippen LogP contribution is -2.49. The molecule has 1 aromatic carbocycles. The number of rotatable bonds is 12. The molecule has 0 saturated heterocycles. The van der Waals surface area contributed by atoms with Crippen LogP contribution in [0.4, 0.5) is 0 Å². The SMILES string of the molecule is N[C@@H](CCC(=O)N[C@@H](CSC(=O)C(O)c1ccccc1)C(=O)NCC(=O)O)C(=O)O. The van der Waals surface area contributed by atoms with Crippen molar-refractivity contribution >= 4 is 40.6 Å². The van der Waals surface area contributed by atoms with Gasteiger partial charge in [0.25, 0.3) is 0 Å². The Hall–Kier alpha value is -2.96. The van der Waals surface area contributed by atoms with Crippen LogP contribution in [0.5, 0.6) is 0 Å². The second-order valence-electron chi connectivity index (χ2n) is 6.16. The molecule has 0 aliphatic carbocycles. The zero-order chi connectivity index (χ0) is 22.7. The third kappa shape index (κ3) is 9.03. The largest absolute Gasteiger partial charge is 0.480 e. The van der Waals surface area contributed by atoms with Crippen molar-refractivity contribution < 1.29 is 39.3 Å². The van der Waals surface area contributed by atoms with Gasteiger partial charge < -0.3 is 31.7 Å². The van der Waals surface area contributed by atoms with Crippen LogP contribution in [0.2, 0.25) is 0 Å². The van der Waals surface area contributed by atoms with Crippen molar-refractivity contribution in [2.75, 3.05) is 12.3 Å². The smallest absolute Gasteiger partial charge is 0.322 e. The minimum Gasteiger partial charge on any atom is -0.480 e. The Morgan fingerprint density at radius 2 is 1.70 bits per heavy atom. The predicted molar refractivity (Wildman–Crippen MR) is 106 cm³/mol. The van der Waals surface area contributed by atoms with Crippen molar-refractivity contribution in [2.24, 2.45) is 5.73 Å². The number of thioether (sulfide) groups is 1. The predicted octanol–water partition coefficient (Wildman–Crippen LogP) is -1.14. The van der Waals surface area contributed by atoms with Crippen LogP contribution in [0, 0.1) is 0 Å². The van der Waals surface area contributed by atoms with Crippen LogP contribution < -0.4 is 16.4 Å². The van der Waals surface area contributed by atoms with Gasteiger partial charge in [0.2, 0.25) is 16.9 Å². The van der Waals surface area contributed by atoms with Crippen molar-refractivity contribution in [3.8, 4) is 0 Å². The minimum absolute atomic E-state index is 0.177. The van der Waals surface area contributed by atoms with E-state index < -0.39 is 53.6 Å². The highest BCUT2D eigenvalue weighted by Crippen LogP contribution is 2.20. The van der Waals surface area contributed by atoms with E-state index in [1.165, 1.54) is 0 Å². The molecule has 0 radical (unpaired) electrons. The summed E-state index contributed by atoms with van der Waals surface area (Å²) in [5.41, 5.74) is 5.68. The maximum atomic E-state index is 12.2. The molecular formula is C18H23N3O8S. The van der Waals surface area contributed by atoms with E-state index in [9.17, 15) is 29.1 Å². The summed E-state index contributed by atoms with van der Waals surface area (Å²) in [6.45, 7) is -0.694. The van der Waals surface area contributed by atoms with Gasteiger partial charge in [-0.05, 0) is 12.0 Å². The van der Waals surface area contributed by atoms with Crippen molar-refractivity contribution in [3.63, 3.8) is 0 Å². The fraction of sp³-hybridized carbons (Fsp3) is 0.389. The molecule has 0 bridgehead atoms. The standard InChI is InChI=1S/C18H23N3O8S/c19-11(17(27)28)6-7-13(22)21-12(16(26)20-8-14(23)24)9-30-18(29)15(25)10-4-2-1-3-5-10/h1-5,11-12,15,25H,6-9,19H2,(H,20,26)(H,21,22)(H,23,24)(H,27,28)/t11-,12-,15?/m0/s1. The molecule has 0 aliphatic rings. The molecule has 0 spiro atoms. The van der Waals surface area contributed by atoms with Crippen molar-refractivity contribution in [3.05, 3.63) is 35.9 Å². The summed E-state index contributed by atoms with van der Waals surface area (Å²) in [5.74, 6) is -4.40. The highest BCUT2D eigenvalue weighted by Gasteiger charge is 2.26. The number of aliphatic carboxylic acids is 2. The molecule has 0 aromatic heterocycles. The van der Waals surface area contributed by atoms with E-state index in [1.807, 2.05) is 0 Å². The zero-order valence-electron chi connectivity index (χ0n) is 15.8. The number of aliphatic hydroxyl groups is 1. The van der Waals surface area contributed by atoms with Gasteiger partial charge in [-0.1, -0.05) is 42.1 Å². The monoisotopic (exact) mass is 441 g/mol. The molecule has 0 saturated carbocycles. The van der Waals surface area contributed by atoms with Gasteiger partial charge in [0, 0.05) is 12.2 Å². The number of carboxylic acid groups (broad SMARTS) is 2. The molecule has 1 unspecified atom stereocenters. The third-order valence-electron chi connectivity index (χ3n) is 3.80. The van der Waals surface area contributed by atoms with Crippen molar-refractivity contribution in [1.82, 2.24) is 10.6 Å². The third-order valence-corrected chi connectivity index (χ3v) is 4.80. The van der Waals surface area contributed by atoms with Gasteiger partial charge in [0.15, 0.2) is 0 Å². The van der Waals surface area contributed by atoms with Crippen LogP contribution >= 0.6 is 11.8 Å². The summed E-state index contributed by atoms with van der Waals surface area (Å²) in [4.78, 5) is 57.8. The molecule has 2 amide bonds. The maximum absolute atomic E-state index is 12.2. The number of aliphatic hydroxyl groups excluding tert-OH is 1. The Bertz CT molecular complexity index is 774. The lowest BCUT2D eigenvalue weighted by molar-refractivity contribution is -0.139. The van der Waals surface area contributed by atoms with Gasteiger partial charge in [-0.2, -0.15) is 0 Å². The molecule has 7 N–H and O–H groups in total. The fourth-order valence-corrected chi connectivity index (χ4v) is 3.02. The average molecular weight is 441 g/mol. The quantitative estimate of drug-likeness (QED) is 0.230. The molecule has 0 fully saturated rings. The van der Waals surface area contributed by atoms with Crippen LogP contribution in [0.25, 0.3) is 0 Å². The zero-order valence-corrected chi connectivity index (χ0v) is 16.6. The molecule has 3 atom stereocenters. The number of hydrogen-bond donors (Lipinski definition) is 6. The van der Waals surface area contributed by atoms with Gasteiger partial charge in [-0.15, -0.1) is 0 Å². The molecule has 11 nitrogen and oxygen atoms in total. The summed E-state index contributed by atoms with van der Waals surface area (Å²) < 4.78 is 0. The maximum Gasteiger partial charge on any atom is 0.322 e. The number of carboxylic acids is 2. The first-order valence-corrected chi connectivity index (χ1v) is 9.77. The number of carbonyl (C=O) groups excluding carboxylic acids is 3. The summed E-state index contributed by atoms with van der Waals surface area (Å²) in [7, 11) is 0. The lowest BCUT2D eigenvalue weighted by Gasteiger charge is -2.18. The van der Waals surface area contributed by atoms with E-state index in [1.54, 1.807) is 30.3 Å². The number of nitrogens with two attached hydrogens (primary N) is 1. The van der Waals surface area contributed by atoms with Gasteiger partial charge in [0.1, 0.15) is 24.7 Å². The molecule has 164 valence electrons. The Labute approximate surface area is 176 Å². The van der Waals surface area contributed by atoms with E-state index in [4.69, 9.17) is 15.9 Å². The normalized spacial score (nSPS) is 13.5. The first-order valence-electron chi connectivity index (χ1n) is 8.78. The molecule has 12 heteroatoms. The molecule has 0 heterocycles. The highest BCUT2D eigenvalue weighted by molar-refractivity contribution is 8.13. The van der Waals surface area contributed by atoms with E-state index >= 15 is 0 Å². The van der Waals surface area contributed by atoms with Gasteiger partial charge in [0.05, 0.1) is 0 Å². The van der Waals surface area contributed by atoms with E-state index in [0.29, 0.717) is 17.3 Å². The molecule has 1 aromatic rings. The van der Waals surface area contributed by atoms with Gasteiger partial charge in [-0.3, -0.25) is 24.0 Å². The van der Waals surface area contributed by atoms with Crippen molar-refractivity contribution in [2.45, 2.75) is 31.0 Å². The average Bonchev–Trinajstić information content (AvgIpc) is 2.72. The number of hydrogen-bond acceptors (Lipinski definition) is 8. The molecule has 0 aliphatic heterocycles. The second kappa shape index (κ2) is 12.6. The first kappa shape index (κ1) is 25.1. The van der Waals surface area contributed by atoms with E-state index in [-0.39, 0.29) is 18.6 Å². The first-order chi connectivity index (χ1) is 14.1. The van der Waals surface area contributed by atoms with E-state index in [0.717, 1.165) is 0 Å². The Balaban J connectivity index is 2.71. The van der Waals surface area contributed by atoms with E-state index in [2.05, 4.69) is 10.6 Å². The topological polar surface area (TPSA) is 196 Å². The second-order valence-corrected chi connectivity index (χ2v) is 7.18. The number of benzene rings is 1. The molecular weight excluding hydrogens is 418 g/mol. The number of carbonyl (C=O) groups is 5. The summed E-state index contributed by atoms with van der Waals surface area (Å²) >= 11 is 0.591. The van der Waals surface area contributed by atoms with Gasteiger partial charge in [-0.25, -0.2) is 0 Å². The van der Waals surface area contributed by atoms with Crippen molar-refractivity contribution in [1.29, 1.82) is 0 Å². The molecule has 30 heavy (non-hydrogen) atoms. The minimum atomic E-state index is -1.44. The number of amides is 2. The Morgan fingerprint density at radius 3 is 2.27 bits per heavy atom. The van der Waals surface area contributed by atoms with Crippen LogP contribution in [0.1, 0.15) is 24.5 Å². The van der Waals surface area contributed by atoms with Gasteiger partial charge >= 0.3 is 11.9 Å². The highest BCUT2D eigenvalue weighted by atomic mass is 32.2. The van der Waals surface area contributed by atoms with Crippen LogP contribution in [-0.4, -0.2) is 68.6 Å². The van der Waals surface area contributed by atoms with Crippen LogP contribution in [0.3, 0.4) is 0 Å². The lowest BCUT2D eigenvalue weighted by atomic mass is 10.1. The van der Waals surface area contributed by atoms with Crippen LogP contribution in [-0.2, 0) is 24.0 Å². The Kier molecular flexibility index (Phi) is 10.5. The summed E-state index contributed by atoms with van der Waals surface area (Å²) in [6.07, 6.45) is -1.91. The number of nitrogens with one attached hydrogen (secondary N) is 2. The molecule has 1 rings (SSSR count). The fourth-order valence-electron chi connectivity index (χ4n) is 2.16. The van der Waals surface area contributed by atoms with Crippen LogP contribution in [0.15, 0.2) is 30.3 Å². The summed E-state index contributed by atoms with van der Waals surface area (Å²) in [5, 5.41) is 31.3. The Morgan fingerprint density at radius 1 is 1.07 bits per heavy atom.